The summed E-state index contributed by atoms with van der Waals surface area (Å²) >= 11 is 6.14. The molecule has 12 heteroatoms. The van der Waals surface area contributed by atoms with Crippen molar-refractivity contribution < 1.29 is 70.5 Å². The van der Waals surface area contributed by atoms with Crippen molar-refractivity contribution >= 4 is 28.7 Å². The van der Waals surface area contributed by atoms with Gasteiger partial charge in [-0.25, -0.2) is 18.2 Å². The van der Waals surface area contributed by atoms with E-state index in [-0.39, 0.29) is 51.6 Å². The van der Waals surface area contributed by atoms with Gasteiger partial charge in [0.1, 0.15) is 18.2 Å². The second-order valence-corrected chi connectivity index (χ2v) is 8.45. The Balaban J connectivity index is 0.00000380. The molecule has 4 rings (SSSR count). The first-order valence-electron chi connectivity index (χ1n) is 10.5. The van der Waals surface area contributed by atoms with Crippen LogP contribution in [-0.4, -0.2) is 11.0 Å². The molecule has 0 fully saturated rings. The number of carboxylic acid groups (broad SMARTS) is 1. The normalized spacial score (nSPS) is 13.5. The van der Waals surface area contributed by atoms with E-state index in [9.17, 15) is 36.2 Å². The number of pyridine rings is 1. The number of allylic oxidation sites excluding steroid dienone is 2. The number of hydrogen-bond acceptors (Lipinski definition) is 4. The summed E-state index contributed by atoms with van der Waals surface area (Å²) < 4.78 is 86.7. The molecule has 1 aliphatic carbocycles. The summed E-state index contributed by atoms with van der Waals surface area (Å²) in [6.07, 6.45) is -3.63. The fourth-order valence-electron chi connectivity index (χ4n) is 3.97. The Kier molecular flexibility index (Phi) is 9.00. The maximum absolute atomic E-state index is 14.0. The Hall–Kier alpha value is -2.53. The SMILES string of the molecule is O=C([O-])c1cc(C(F)(F)F)cc(C2=C(c3cc(Cl)ccc3OCc3cc(F)c(F)cc3F)CCC2)n1.[Na+]. The van der Waals surface area contributed by atoms with E-state index < -0.39 is 47.5 Å². The second kappa shape index (κ2) is 11.5. The number of carboxylic acids is 1. The Bertz CT molecular complexity index is 1390. The number of nitrogens with zero attached hydrogens (tertiary/aromatic N) is 1. The number of rotatable bonds is 6. The average molecular weight is 550 g/mol. The van der Waals surface area contributed by atoms with Crippen LogP contribution in [0.15, 0.2) is 42.5 Å². The molecule has 0 atom stereocenters. The molecular weight excluding hydrogens is 535 g/mol. The predicted octanol–water partition coefficient (Wildman–Crippen LogP) is 3.21. The molecule has 0 spiro atoms. The molecule has 0 aliphatic heterocycles. The molecule has 1 aromatic heterocycles. The second-order valence-electron chi connectivity index (χ2n) is 8.01. The van der Waals surface area contributed by atoms with Crippen LogP contribution in [0.3, 0.4) is 0 Å². The van der Waals surface area contributed by atoms with E-state index in [1.54, 1.807) is 0 Å². The first-order chi connectivity index (χ1) is 16.9. The first kappa shape index (κ1) is 29.0. The van der Waals surface area contributed by atoms with Gasteiger partial charge in [-0.1, -0.05) is 11.6 Å². The molecule has 0 bridgehead atoms. The van der Waals surface area contributed by atoms with Gasteiger partial charge in [0.25, 0.3) is 0 Å². The van der Waals surface area contributed by atoms with E-state index in [4.69, 9.17) is 16.3 Å². The van der Waals surface area contributed by atoms with Gasteiger partial charge in [-0.3, -0.25) is 0 Å². The zero-order valence-electron chi connectivity index (χ0n) is 19.2. The van der Waals surface area contributed by atoms with Gasteiger partial charge in [-0.2, -0.15) is 13.2 Å². The maximum atomic E-state index is 14.0. The molecule has 0 saturated heterocycles. The number of alkyl halides is 3. The first-order valence-corrected chi connectivity index (χ1v) is 10.9. The van der Waals surface area contributed by atoms with Crippen molar-refractivity contribution in [1.29, 1.82) is 0 Å². The van der Waals surface area contributed by atoms with Gasteiger partial charge in [0, 0.05) is 22.2 Å². The van der Waals surface area contributed by atoms with Gasteiger partial charge in [0.2, 0.25) is 0 Å². The number of aromatic carboxylic acids is 1. The van der Waals surface area contributed by atoms with Crippen molar-refractivity contribution in [3.8, 4) is 5.75 Å². The van der Waals surface area contributed by atoms with Crippen molar-refractivity contribution in [3.63, 3.8) is 0 Å². The third kappa shape index (κ3) is 6.49. The van der Waals surface area contributed by atoms with E-state index in [0.717, 1.165) is 6.07 Å². The van der Waals surface area contributed by atoms with Gasteiger partial charge in [0.05, 0.1) is 22.9 Å². The number of ether oxygens (including phenoxy) is 1. The van der Waals surface area contributed by atoms with E-state index in [1.807, 2.05) is 0 Å². The number of carbonyl (C=O) groups is 1. The molecule has 0 radical (unpaired) electrons. The van der Waals surface area contributed by atoms with Crippen LogP contribution in [0.2, 0.25) is 5.02 Å². The van der Waals surface area contributed by atoms with E-state index >= 15 is 0 Å². The van der Waals surface area contributed by atoms with Crippen molar-refractivity contribution in [2.75, 3.05) is 0 Å². The minimum absolute atomic E-state index is 0. The minimum Gasteiger partial charge on any atom is -0.543 e. The van der Waals surface area contributed by atoms with Gasteiger partial charge in [0.15, 0.2) is 11.6 Å². The summed E-state index contributed by atoms with van der Waals surface area (Å²) in [5, 5.41) is 11.6. The third-order valence-corrected chi connectivity index (χ3v) is 5.86. The molecule has 1 aliphatic rings. The Morgan fingerprint density at radius 2 is 1.65 bits per heavy atom. The quantitative estimate of drug-likeness (QED) is 0.269. The Morgan fingerprint density at radius 1 is 0.973 bits per heavy atom. The number of hydrogen-bond donors (Lipinski definition) is 0. The number of halogens is 7. The molecule has 188 valence electrons. The number of aromatic nitrogens is 1. The van der Waals surface area contributed by atoms with Gasteiger partial charge >= 0.3 is 35.7 Å². The summed E-state index contributed by atoms with van der Waals surface area (Å²) in [6.45, 7) is -0.475. The molecule has 2 aromatic carbocycles. The Morgan fingerprint density at radius 3 is 2.32 bits per heavy atom. The number of benzene rings is 2. The predicted molar refractivity (Wildman–Crippen MR) is 116 cm³/mol. The van der Waals surface area contributed by atoms with E-state index in [1.165, 1.54) is 18.2 Å². The standard InChI is InChI=1S/C25H16ClF6NO3.Na/c26-14-4-5-23(36-11-12-6-19(28)20(29)10-18(12)27)17(9-14)15-2-1-3-16(15)21-7-13(25(30,31)32)8-22(33-21)24(34)35;/h4-10H,1-3,11H2,(H,34,35);/q;+1/p-1. The van der Waals surface area contributed by atoms with E-state index in [0.29, 0.717) is 54.2 Å². The smallest absolute Gasteiger partial charge is 0.543 e. The monoisotopic (exact) mass is 549 g/mol. The number of carbonyl (C=O) groups excluding carboxylic acids is 1. The molecular formula is C25H15ClF6NNaO3. The van der Waals surface area contributed by atoms with Crippen molar-refractivity contribution in [2.45, 2.75) is 32.0 Å². The van der Waals surface area contributed by atoms with Gasteiger partial charge < -0.3 is 14.6 Å². The molecule has 0 N–H and O–H groups in total. The minimum atomic E-state index is -4.82. The molecule has 0 amide bonds. The van der Waals surface area contributed by atoms with Gasteiger partial charge in [-0.15, -0.1) is 0 Å². The molecule has 37 heavy (non-hydrogen) atoms. The largest absolute Gasteiger partial charge is 1.00 e. The molecule has 0 saturated carbocycles. The topological polar surface area (TPSA) is 62.2 Å². The van der Waals surface area contributed by atoms with Gasteiger partial charge in [-0.05, 0) is 66.8 Å². The third-order valence-electron chi connectivity index (χ3n) is 5.63. The van der Waals surface area contributed by atoms with Crippen LogP contribution >= 0.6 is 11.6 Å². The van der Waals surface area contributed by atoms with Crippen LogP contribution in [-0.2, 0) is 12.8 Å². The van der Waals surface area contributed by atoms with Crippen LogP contribution < -0.4 is 39.4 Å². The van der Waals surface area contributed by atoms with Crippen LogP contribution in [0.1, 0.15) is 52.1 Å². The fourth-order valence-corrected chi connectivity index (χ4v) is 4.14. The summed E-state index contributed by atoms with van der Waals surface area (Å²) in [7, 11) is 0. The molecule has 1 heterocycles. The van der Waals surface area contributed by atoms with Crippen LogP contribution in [0.4, 0.5) is 26.3 Å². The van der Waals surface area contributed by atoms with Crippen LogP contribution in [0.25, 0.3) is 11.1 Å². The average Bonchev–Trinajstić information content (AvgIpc) is 3.30. The summed E-state index contributed by atoms with van der Waals surface area (Å²) in [4.78, 5) is 15.2. The van der Waals surface area contributed by atoms with Crippen molar-refractivity contribution in [2.24, 2.45) is 0 Å². The zero-order valence-corrected chi connectivity index (χ0v) is 21.9. The molecule has 3 aromatic rings. The maximum Gasteiger partial charge on any atom is 1.00 e. The fraction of sp³-hybridized carbons (Fsp3) is 0.200. The summed E-state index contributed by atoms with van der Waals surface area (Å²) in [5.74, 6) is -5.33. The van der Waals surface area contributed by atoms with E-state index in [2.05, 4.69) is 4.98 Å². The summed E-state index contributed by atoms with van der Waals surface area (Å²) in [6, 6.07) is 6.62. The summed E-state index contributed by atoms with van der Waals surface area (Å²) in [5.41, 5.74) is -1.27. The van der Waals surface area contributed by atoms with Crippen molar-refractivity contribution in [1.82, 2.24) is 4.98 Å². The molecule has 4 nitrogen and oxygen atoms in total. The van der Waals surface area contributed by atoms with Crippen LogP contribution in [0.5, 0.6) is 5.75 Å². The van der Waals surface area contributed by atoms with Crippen LogP contribution in [0, 0.1) is 17.5 Å². The Labute approximate surface area is 234 Å². The molecule has 0 unspecified atom stereocenters. The zero-order chi connectivity index (χ0) is 26.2. The van der Waals surface area contributed by atoms with Crippen molar-refractivity contribution in [3.05, 3.63) is 93.0 Å².